The predicted octanol–water partition coefficient (Wildman–Crippen LogP) is 3.07. The van der Waals surface area contributed by atoms with Crippen molar-refractivity contribution in [2.24, 2.45) is 5.92 Å². The summed E-state index contributed by atoms with van der Waals surface area (Å²) in [5.41, 5.74) is -0.398. The van der Waals surface area contributed by atoms with Gasteiger partial charge in [0.15, 0.2) is 0 Å². The summed E-state index contributed by atoms with van der Waals surface area (Å²) < 4.78 is 0. The van der Waals surface area contributed by atoms with Crippen molar-refractivity contribution in [1.29, 1.82) is 0 Å². The van der Waals surface area contributed by atoms with Gasteiger partial charge in [-0.2, -0.15) is 0 Å². The lowest BCUT2D eigenvalue weighted by Crippen LogP contribution is -2.35. The minimum absolute atomic E-state index is 0.0961. The molecule has 0 radical (unpaired) electrons. The molecule has 0 heterocycles. The zero-order valence-corrected chi connectivity index (χ0v) is 12.3. The molecule has 0 fully saturated rings. The van der Waals surface area contributed by atoms with E-state index in [1.54, 1.807) is 0 Å². The number of nitro groups is 1. The first-order valence-corrected chi connectivity index (χ1v) is 7.09. The summed E-state index contributed by atoms with van der Waals surface area (Å²) in [6.45, 7) is 3.92. The third-order valence-electron chi connectivity index (χ3n) is 3.35. The Morgan fingerprint density at radius 2 is 1.95 bits per heavy atom. The number of nitrogens with one attached hydrogen (secondary N) is 1. The molecule has 0 aromatic heterocycles. The van der Waals surface area contributed by atoms with Gasteiger partial charge in [-0.1, -0.05) is 38.8 Å². The lowest BCUT2D eigenvalue weighted by atomic mass is 9.98. The van der Waals surface area contributed by atoms with Crippen molar-refractivity contribution in [2.45, 2.75) is 39.5 Å². The molecule has 0 unspecified atom stereocenters. The van der Waals surface area contributed by atoms with E-state index in [2.05, 4.69) is 5.32 Å². The molecule has 0 saturated carbocycles. The third kappa shape index (κ3) is 4.66. The molecule has 0 saturated heterocycles. The zero-order chi connectivity index (χ0) is 15.8. The summed E-state index contributed by atoms with van der Waals surface area (Å²) in [5.74, 6) is -1.33. The number of imide groups is 1. The van der Waals surface area contributed by atoms with Gasteiger partial charge in [0.2, 0.25) is 5.91 Å². The molecule has 0 aliphatic carbocycles. The number of carbonyl (C=O) groups excluding carboxylic acids is 2. The van der Waals surface area contributed by atoms with Crippen LogP contribution in [0.3, 0.4) is 0 Å². The number of nitrogens with zero attached hydrogens (tertiary/aromatic N) is 1. The molecule has 0 spiro atoms. The quantitative estimate of drug-likeness (QED) is 0.617. The molecule has 0 aliphatic rings. The fraction of sp³-hybridized carbons (Fsp3) is 0.467. The number of rotatable bonds is 7. The van der Waals surface area contributed by atoms with E-state index in [1.165, 1.54) is 24.3 Å². The Kier molecular flexibility index (Phi) is 6.52. The molecular weight excluding hydrogens is 272 g/mol. The Labute approximate surface area is 123 Å². The van der Waals surface area contributed by atoms with E-state index in [0.29, 0.717) is 12.8 Å². The highest BCUT2D eigenvalue weighted by Gasteiger charge is 2.23. The highest BCUT2D eigenvalue weighted by Crippen LogP contribution is 2.18. The standard InChI is InChI=1S/C15H20N2O4/c1-3-5-8-11(4-2)14(18)16-15(19)12-9-6-7-10-13(12)17(20)21/h6-7,9-11H,3-5,8H2,1-2H3,(H,16,18,19)/t11-/m1/s1. The number of hydrogen-bond donors (Lipinski definition) is 1. The van der Waals surface area contributed by atoms with Gasteiger partial charge in [0.05, 0.1) is 4.92 Å². The van der Waals surface area contributed by atoms with Crippen LogP contribution in [0.15, 0.2) is 24.3 Å². The maximum absolute atomic E-state index is 12.0. The average Bonchev–Trinajstić information content (AvgIpc) is 2.47. The maximum atomic E-state index is 12.0. The summed E-state index contributed by atoms with van der Waals surface area (Å²) in [4.78, 5) is 34.3. The number of nitro benzene ring substituents is 1. The van der Waals surface area contributed by atoms with Crippen molar-refractivity contribution in [1.82, 2.24) is 5.32 Å². The van der Waals surface area contributed by atoms with Gasteiger partial charge >= 0.3 is 0 Å². The SMILES string of the molecule is CCCC[C@@H](CC)C(=O)NC(=O)c1ccccc1[N+](=O)[O-]. The second-order valence-electron chi connectivity index (χ2n) is 4.84. The molecule has 2 amide bonds. The average molecular weight is 292 g/mol. The van der Waals surface area contributed by atoms with Crippen LogP contribution < -0.4 is 5.32 Å². The molecule has 1 atom stereocenters. The van der Waals surface area contributed by atoms with E-state index < -0.39 is 10.8 Å². The van der Waals surface area contributed by atoms with Gasteiger partial charge in [-0.25, -0.2) is 0 Å². The van der Waals surface area contributed by atoms with Crippen LogP contribution in [0.4, 0.5) is 5.69 Å². The first-order valence-electron chi connectivity index (χ1n) is 7.09. The topological polar surface area (TPSA) is 89.3 Å². The van der Waals surface area contributed by atoms with Gasteiger partial charge in [0.25, 0.3) is 11.6 Å². The second kappa shape index (κ2) is 8.14. The van der Waals surface area contributed by atoms with Gasteiger partial charge in [0.1, 0.15) is 5.56 Å². The molecule has 1 aromatic rings. The smallest absolute Gasteiger partial charge is 0.282 e. The van der Waals surface area contributed by atoms with E-state index in [9.17, 15) is 19.7 Å². The molecule has 21 heavy (non-hydrogen) atoms. The maximum Gasteiger partial charge on any atom is 0.282 e. The van der Waals surface area contributed by atoms with Gasteiger partial charge in [-0.3, -0.25) is 25.0 Å². The first kappa shape index (κ1) is 16.8. The van der Waals surface area contributed by atoms with Crippen molar-refractivity contribution in [3.05, 3.63) is 39.9 Å². The lowest BCUT2D eigenvalue weighted by Gasteiger charge is -2.13. The third-order valence-corrected chi connectivity index (χ3v) is 3.35. The minimum Gasteiger partial charge on any atom is -0.292 e. The monoisotopic (exact) mass is 292 g/mol. The normalized spacial score (nSPS) is 11.7. The number of para-hydroxylation sites is 1. The van der Waals surface area contributed by atoms with Crippen LogP contribution in [-0.4, -0.2) is 16.7 Å². The Morgan fingerprint density at radius 3 is 2.52 bits per heavy atom. The molecule has 0 bridgehead atoms. The highest BCUT2D eigenvalue weighted by molar-refractivity contribution is 6.07. The molecule has 6 heteroatoms. The molecule has 0 aliphatic heterocycles. The van der Waals surface area contributed by atoms with E-state index in [1.807, 2.05) is 13.8 Å². The number of amides is 2. The minimum atomic E-state index is -0.720. The molecule has 1 N–H and O–H groups in total. The van der Waals surface area contributed by atoms with E-state index in [-0.39, 0.29) is 23.1 Å². The molecule has 1 rings (SSSR count). The second-order valence-corrected chi connectivity index (χ2v) is 4.84. The van der Waals surface area contributed by atoms with E-state index >= 15 is 0 Å². The first-order chi connectivity index (χ1) is 10.0. The van der Waals surface area contributed by atoms with Crippen molar-refractivity contribution in [3.8, 4) is 0 Å². The summed E-state index contributed by atoms with van der Waals surface area (Å²) in [6, 6.07) is 5.59. The van der Waals surface area contributed by atoms with Gasteiger partial charge in [0, 0.05) is 12.0 Å². The zero-order valence-electron chi connectivity index (χ0n) is 12.3. The molecular formula is C15H20N2O4. The number of carbonyl (C=O) groups is 2. The number of benzene rings is 1. The van der Waals surface area contributed by atoms with Crippen molar-refractivity contribution >= 4 is 17.5 Å². The summed E-state index contributed by atoms with van der Waals surface area (Å²) in [6.07, 6.45) is 3.23. The number of unbranched alkanes of at least 4 members (excludes halogenated alkanes) is 1. The summed E-state index contributed by atoms with van der Waals surface area (Å²) in [5, 5.41) is 13.2. The highest BCUT2D eigenvalue weighted by atomic mass is 16.6. The largest absolute Gasteiger partial charge is 0.292 e. The fourth-order valence-electron chi connectivity index (χ4n) is 2.08. The van der Waals surface area contributed by atoms with Gasteiger partial charge in [-0.15, -0.1) is 0 Å². The molecule has 1 aromatic carbocycles. The molecule has 114 valence electrons. The Morgan fingerprint density at radius 1 is 1.29 bits per heavy atom. The summed E-state index contributed by atoms with van der Waals surface area (Å²) >= 11 is 0. The Hall–Kier alpha value is -2.24. The predicted molar refractivity (Wildman–Crippen MR) is 78.9 cm³/mol. The van der Waals surface area contributed by atoms with Crippen molar-refractivity contribution in [2.75, 3.05) is 0 Å². The van der Waals surface area contributed by atoms with Crippen LogP contribution in [0.5, 0.6) is 0 Å². The fourth-order valence-corrected chi connectivity index (χ4v) is 2.08. The van der Waals surface area contributed by atoms with Crippen LogP contribution in [0.25, 0.3) is 0 Å². The van der Waals surface area contributed by atoms with Crippen LogP contribution in [0.1, 0.15) is 49.9 Å². The van der Waals surface area contributed by atoms with E-state index in [4.69, 9.17) is 0 Å². The van der Waals surface area contributed by atoms with Crippen molar-refractivity contribution < 1.29 is 14.5 Å². The molecule has 6 nitrogen and oxygen atoms in total. The van der Waals surface area contributed by atoms with Gasteiger partial charge < -0.3 is 0 Å². The van der Waals surface area contributed by atoms with Crippen LogP contribution >= 0.6 is 0 Å². The van der Waals surface area contributed by atoms with E-state index in [0.717, 1.165) is 12.8 Å². The lowest BCUT2D eigenvalue weighted by molar-refractivity contribution is -0.385. The summed E-state index contributed by atoms with van der Waals surface area (Å²) in [7, 11) is 0. The Bertz CT molecular complexity index is 528. The van der Waals surface area contributed by atoms with Crippen LogP contribution in [0.2, 0.25) is 0 Å². The Balaban J connectivity index is 2.81. The van der Waals surface area contributed by atoms with Gasteiger partial charge in [-0.05, 0) is 18.9 Å². The van der Waals surface area contributed by atoms with Crippen LogP contribution in [0, 0.1) is 16.0 Å². The van der Waals surface area contributed by atoms with Crippen molar-refractivity contribution in [3.63, 3.8) is 0 Å². The van der Waals surface area contributed by atoms with Crippen LogP contribution in [-0.2, 0) is 4.79 Å². The number of hydrogen-bond acceptors (Lipinski definition) is 4.